The summed E-state index contributed by atoms with van der Waals surface area (Å²) in [6, 6.07) is 0. The summed E-state index contributed by atoms with van der Waals surface area (Å²) in [7, 11) is 0. The van der Waals surface area contributed by atoms with E-state index in [0.29, 0.717) is 0 Å². The maximum absolute atomic E-state index is 4.95. The molecular formula is C6H14N2. The molecule has 0 aromatic carbocycles. The van der Waals surface area contributed by atoms with Gasteiger partial charge in [0.15, 0.2) is 0 Å². The molecule has 8 heavy (non-hydrogen) atoms. The van der Waals surface area contributed by atoms with Crippen LogP contribution in [-0.4, -0.2) is 6.54 Å². The van der Waals surface area contributed by atoms with Gasteiger partial charge in [-0.1, -0.05) is 19.8 Å². The van der Waals surface area contributed by atoms with Crippen LogP contribution in [0.5, 0.6) is 0 Å². The molecule has 0 atom stereocenters. The zero-order chi connectivity index (χ0) is 6.24. The van der Waals surface area contributed by atoms with Crippen LogP contribution < -0.4 is 11.1 Å². The molecule has 3 N–H and O–H groups in total. The first kappa shape index (κ1) is 7.92. The Hall–Kier alpha value is -0.0800. The standard InChI is InChI=1S/C6H14N2/c1-2-3-4-5-8-6-7/h8H,2-5,7H2,1H3. The maximum atomic E-state index is 4.95. The normalized spacial score (nSPS) is 9.75. The van der Waals surface area contributed by atoms with Crippen molar-refractivity contribution in [3.63, 3.8) is 0 Å². The first-order chi connectivity index (χ1) is 3.91. The minimum absolute atomic E-state index is 0.963. The van der Waals surface area contributed by atoms with Gasteiger partial charge in [0, 0.05) is 0 Å². The summed E-state index contributed by atoms with van der Waals surface area (Å²) in [5, 5.41) is 2.81. The average molecular weight is 114 g/mol. The van der Waals surface area contributed by atoms with Crippen LogP contribution in [0, 0.1) is 6.67 Å². The Kier molecular flexibility index (Phi) is 6.85. The summed E-state index contributed by atoms with van der Waals surface area (Å²) in [5.41, 5.74) is 4.95. The highest BCUT2D eigenvalue weighted by Gasteiger charge is 1.82. The second kappa shape index (κ2) is 6.92. The molecule has 0 rings (SSSR count). The van der Waals surface area contributed by atoms with E-state index in [4.69, 9.17) is 5.73 Å². The van der Waals surface area contributed by atoms with Gasteiger partial charge in [-0.25, -0.2) is 0 Å². The SMILES string of the molecule is CCCCCN[C]N. The Morgan fingerprint density at radius 2 is 2.25 bits per heavy atom. The van der Waals surface area contributed by atoms with Gasteiger partial charge in [0.2, 0.25) is 0 Å². The number of nitrogens with two attached hydrogens (primary N) is 1. The largest absolute Gasteiger partial charge is 0.308 e. The van der Waals surface area contributed by atoms with Crippen molar-refractivity contribution in [2.75, 3.05) is 6.54 Å². The zero-order valence-corrected chi connectivity index (χ0v) is 5.41. The van der Waals surface area contributed by atoms with E-state index >= 15 is 0 Å². The topological polar surface area (TPSA) is 38.0 Å². The molecule has 0 aliphatic carbocycles. The Morgan fingerprint density at radius 3 is 2.75 bits per heavy atom. The molecule has 48 valence electrons. The summed E-state index contributed by atoms with van der Waals surface area (Å²) < 4.78 is 0. The average Bonchev–Trinajstić information content (AvgIpc) is 1.81. The second-order valence-corrected chi connectivity index (χ2v) is 1.78. The van der Waals surface area contributed by atoms with E-state index in [1.165, 1.54) is 19.3 Å². The molecule has 0 aromatic rings. The molecule has 0 saturated carbocycles. The quantitative estimate of drug-likeness (QED) is 0.408. The van der Waals surface area contributed by atoms with Crippen molar-refractivity contribution >= 4 is 0 Å². The molecule has 0 aromatic heterocycles. The minimum Gasteiger partial charge on any atom is -0.308 e. The van der Waals surface area contributed by atoms with Gasteiger partial charge in [0.25, 0.3) is 0 Å². The van der Waals surface area contributed by atoms with Gasteiger partial charge in [-0.15, -0.1) is 0 Å². The van der Waals surface area contributed by atoms with Gasteiger partial charge in [-0.2, -0.15) is 0 Å². The van der Waals surface area contributed by atoms with Crippen molar-refractivity contribution in [2.24, 2.45) is 5.73 Å². The number of rotatable bonds is 5. The number of unbranched alkanes of at least 4 members (excludes halogenated alkanes) is 2. The predicted octanol–water partition coefficient (Wildman–Crippen LogP) is 0.721. The lowest BCUT2D eigenvalue weighted by Gasteiger charge is -1.95. The number of nitrogens with one attached hydrogen (secondary N) is 1. The number of hydrogen-bond donors (Lipinski definition) is 2. The predicted molar refractivity (Wildman–Crippen MR) is 35.0 cm³/mol. The molecule has 2 radical (unpaired) electrons. The first-order valence-electron chi connectivity index (χ1n) is 3.10. The summed E-state index contributed by atoms with van der Waals surface area (Å²) in [6.45, 7) is 5.52. The fourth-order valence-electron chi connectivity index (χ4n) is 0.536. The molecular weight excluding hydrogens is 100 g/mol. The van der Waals surface area contributed by atoms with Crippen LogP contribution in [0.2, 0.25) is 0 Å². The summed E-state index contributed by atoms with van der Waals surface area (Å²) >= 11 is 0. The molecule has 0 fully saturated rings. The monoisotopic (exact) mass is 114 g/mol. The summed E-state index contributed by atoms with van der Waals surface area (Å²) in [5.74, 6) is 0. The van der Waals surface area contributed by atoms with Crippen LogP contribution in [0.3, 0.4) is 0 Å². The van der Waals surface area contributed by atoms with E-state index in [9.17, 15) is 0 Å². The van der Waals surface area contributed by atoms with Crippen LogP contribution in [0.1, 0.15) is 26.2 Å². The van der Waals surface area contributed by atoms with Gasteiger partial charge in [-0.05, 0) is 13.0 Å². The fraction of sp³-hybridized carbons (Fsp3) is 0.833. The molecule has 0 aliphatic heterocycles. The van der Waals surface area contributed by atoms with Crippen LogP contribution >= 0.6 is 0 Å². The highest BCUT2D eigenvalue weighted by molar-refractivity contribution is 4.50. The lowest BCUT2D eigenvalue weighted by atomic mass is 10.2. The van der Waals surface area contributed by atoms with E-state index in [1.807, 2.05) is 0 Å². The van der Waals surface area contributed by atoms with Gasteiger partial charge in [-0.3, -0.25) is 5.32 Å². The lowest BCUT2D eigenvalue weighted by Crippen LogP contribution is -2.16. The van der Waals surface area contributed by atoms with Crippen LogP contribution in [-0.2, 0) is 0 Å². The van der Waals surface area contributed by atoms with Gasteiger partial charge >= 0.3 is 0 Å². The highest BCUT2D eigenvalue weighted by Crippen LogP contribution is 1.90. The van der Waals surface area contributed by atoms with Crippen molar-refractivity contribution in [3.05, 3.63) is 6.67 Å². The summed E-state index contributed by atoms with van der Waals surface area (Å²) in [4.78, 5) is 0. The molecule has 0 saturated heterocycles. The minimum atomic E-state index is 0.963. The Labute approximate surface area is 51.5 Å². The van der Waals surface area contributed by atoms with Crippen molar-refractivity contribution < 1.29 is 0 Å². The van der Waals surface area contributed by atoms with E-state index in [2.05, 4.69) is 18.9 Å². The van der Waals surface area contributed by atoms with Crippen LogP contribution in [0.4, 0.5) is 0 Å². The Morgan fingerprint density at radius 1 is 1.50 bits per heavy atom. The summed E-state index contributed by atoms with van der Waals surface area (Å²) in [6.07, 6.45) is 3.72. The highest BCUT2D eigenvalue weighted by atomic mass is 14.9. The molecule has 0 aliphatic rings. The van der Waals surface area contributed by atoms with Crippen molar-refractivity contribution in [1.82, 2.24) is 5.32 Å². The van der Waals surface area contributed by atoms with Crippen molar-refractivity contribution in [3.8, 4) is 0 Å². The Balaban J connectivity index is 2.53. The molecule has 0 unspecified atom stereocenters. The Bertz CT molecular complexity index is 31.5. The van der Waals surface area contributed by atoms with E-state index in [0.717, 1.165) is 6.54 Å². The van der Waals surface area contributed by atoms with Gasteiger partial charge < -0.3 is 5.73 Å². The smallest absolute Gasteiger partial charge is 0.137 e. The van der Waals surface area contributed by atoms with E-state index < -0.39 is 0 Å². The lowest BCUT2D eigenvalue weighted by molar-refractivity contribution is 0.661. The first-order valence-corrected chi connectivity index (χ1v) is 3.10. The van der Waals surface area contributed by atoms with Crippen LogP contribution in [0.25, 0.3) is 0 Å². The third-order valence-electron chi connectivity index (χ3n) is 1.01. The molecule has 0 amide bonds. The van der Waals surface area contributed by atoms with E-state index in [1.54, 1.807) is 0 Å². The third-order valence-corrected chi connectivity index (χ3v) is 1.01. The number of hydrogen-bond acceptors (Lipinski definition) is 2. The van der Waals surface area contributed by atoms with Gasteiger partial charge in [0.05, 0.1) is 0 Å². The molecule has 0 spiro atoms. The van der Waals surface area contributed by atoms with Crippen LogP contribution in [0.15, 0.2) is 0 Å². The molecule has 0 heterocycles. The molecule has 0 bridgehead atoms. The maximum Gasteiger partial charge on any atom is 0.137 e. The fourth-order valence-corrected chi connectivity index (χ4v) is 0.536. The van der Waals surface area contributed by atoms with Crippen molar-refractivity contribution in [1.29, 1.82) is 0 Å². The third kappa shape index (κ3) is 5.92. The van der Waals surface area contributed by atoms with Gasteiger partial charge in [0.1, 0.15) is 6.67 Å². The van der Waals surface area contributed by atoms with Crippen molar-refractivity contribution in [2.45, 2.75) is 26.2 Å². The molecule has 2 nitrogen and oxygen atoms in total. The second-order valence-electron chi connectivity index (χ2n) is 1.78. The molecule has 2 heteroatoms. The zero-order valence-electron chi connectivity index (χ0n) is 5.41. The van der Waals surface area contributed by atoms with E-state index in [-0.39, 0.29) is 0 Å².